The number of rotatable bonds is 1. The van der Waals surface area contributed by atoms with Gasteiger partial charge in [-0.3, -0.25) is 4.79 Å². The molecular formula is C15H18F2N2O. The van der Waals surface area contributed by atoms with Crippen LogP contribution in [0.1, 0.15) is 42.5 Å². The molecule has 1 aliphatic carbocycles. The van der Waals surface area contributed by atoms with Gasteiger partial charge in [0.1, 0.15) is 17.3 Å². The minimum absolute atomic E-state index is 0.0559. The van der Waals surface area contributed by atoms with Crippen LogP contribution in [0.4, 0.5) is 14.5 Å². The number of halogens is 2. The van der Waals surface area contributed by atoms with Crippen LogP contribution in [0.5, 0.6) is 0 Å². The molecule has 1 aromatic rings. The lowest BCUT2D eigenvalue weighted by molar-refractivity contribution is 0.0689. The number of nitrogen functional groups attached to an aromatic ring is 1. The summed E-state index contributed by atoms with van der Waals surface area (Å²) in [5.41, 5.74) is 4.76. The van der Waals surface area contributed by atoms with Gasteiger partial charge in [0, 0.05) is 18.2 Å². The van der Waals surface area contributed by atoms with Gasteiger partial charge in [-0.25, -0.2) is 8.78 Å². The number of fused-ring (bicyclic) bond motifs is 1. The van der Waals surface area contributed by atoms with Crippen molar-refractivity contribution in [3.05, 3.63) is 29.3 Å². The lowest BCUT2D eigenvalue weighted by atomic mass is 9.85. The van der Waals surface area contributed by atoms with Crippen LogP contribution >= 0.6 is 0 Å². The molecule has 1 amide bonds. The SMILES string of the molecule is Nc1c(F)cc(C(=O)N2CCC3CCCCC32)cc1F. The van der Waals surface area contributed by atoms with Gasteiger partial charge < -0.3 is 10.6 Å². The Morgan fingerprint density at radius 1 is 1.15 bits per heavy atom. The first kappa shape index (κ1) is 13.3. The average Bonchev–Trinajstić information content (AvgIpc) is 2.87. The molecule has 0 aromatic heterocycles. The van der Waals surface area contributed by atoms with Crippen LogP contribution in [-0.2, 0) is 0 Å². The summed E-state index contributed by atoms with van der Waals surface area (Å²) in [5, 5.41) is 0. The van der Waals surface area contributed by atoms with Crippen molar-refractivity contribution in [1.29, 1.82) is 0 Å². The minimum Gasteiger partial charge on any atom is -0.394 e. The number of benzene rings is 1. The van der Waals surface area contributed by atoms with Crippen LogP contribution in [-0.4, -0.2) is 23.4 Å². The van der Waals surface area contributed by atoms with Crippen LogP contribution in [0, 0.1) is 17.6 Å². The summed E-state index contributed by atoms with van der Waals surface area (Å²) in [4.78, 5) is 14.3. The number of carbonyl (C=O) groups is 1. The maximum absolute atomic E-state index is 13.5. The number of hydrogen-bond acceptors (Lipinski definition) is 2. The van der Waals surface area contributed by atoms with Crippen molar-refractivity contribution in [3.8, 4) is 0 Å². The third kappa shape index (κ3) is 2.15. The van der Waals surface area contributed by atoms with E-state index in [0.29, 0.717) is 12.5 Å². The number of likely N-dealkylation sites (tertiary alicyclic amines) is 1. The van der Waals surface area contributed by atoms with Crippen molar-refractivity contribution in [3.63, 3.8) is 0 Å². The number of nitrogens with zero attached hydrogens (tertiary/aromatic N) is 1. The Balaban J connectivity index is 1.86. The van der Waals surface area contributed by atoms with Crippen molar-refractivity contribution in [2.24, 2.45) is 5.92 Å². The van der Waals surface area contributed by atoms with E-state index in [0.717, 1.165) is 37.8 Å². The van der Waals surface area contributed by atoms with Gasteiger partial charge in [-0.1, -0.05) is 12.8 Å². The van der Waals surface area contributed by atoms with Gasteiger partial charge in [-0.2, -0.15) is 0 Å². The van der Waals surface area contributed by atoms with Crippen LogP contribution in [0.2, 0.25) is 0 Å². The highest BCUT2D eigenvalue weighted by molar-refractivity contribution is 5.95. The number of hydrogen-bond donors (Lipinski definition) is 1. The molecule has 0 spiro atoms. The standard InChI is InChI=1S/C15H18F2N2O/c16-11-7-10(8-12(17)14(11)18)15(20)19-6-5-9-3-1-2-4-13(9)19/h7-9,13H,1-6,18H2. The third-order valence-corrected chi connectivity index (χ3v) is 4.60. The van der Waals surface area contributed by atoms with Crippen molar-refractivity contribution in [2.75, 3.05) is 12.3 Å². The number of carbonyl (C=O) groups excluding carboxylic acids is 1. The molecule has 2 atom stereocenters. The molecule has 0 radical (unpaired) electrons. The molecular weight excluding hydrogens is 262 g/mol. The van der Waals surface area contributed by atoms with E-state index < -0.39 is 17.3 Å². The lowest BCUT2D eigenvalue weighted by Gasteiger charge is -2.31. The van der Waals surface area contributed by atoms with E-state index in [1.54, 1.807) is 4.90 Å². The molecule has 0 bridgehead atoms. The fraction of sp³-hybridized carbons (Fsp3) is 0.533. The molecule has 2 aliphatic rings. The zero-order chi connectivity index (χ0) is 14.3. The Morgan fingerprint density at radius 3 is 2.50 bits per heavy atom. The van der Waals surface area contributed by atoms with E-state index in [4.69, 9.17) is 5.73 Å². The van der Waals surface area contributed by atoms with Gasteiger partial charge in [-0.05, 0) is 37.3 Å². The van der Waals surface area contributed by atoms with E-state index in [-0.39, 0.29) is 17.5 Å². The minimum atomic E-state index is -0.868. The van der Waals surface area contributed by atoms with E-state index in [1.807, 2.05) is 0 Å². The van der Waals surface area contributed by atoms with Gasteiger partial charge in [0.2, 0.25) is 0 Å². The molecule has 3 nitrogen and oxygen atoms in total. The van der Waals surface area contributed by atoms with Crippen molar-refractivity contribution in [1.82, 2.24) is 4.90 Å². The number of amides is 1. The van der Waals surface area contributed by atoms with E-state index >= 15 is 0 Å². The maximum atomic E-state index is 13.5. The highest BCUT2D eigenvalue weighted by Gasteiger charge is 2.38. The van der Waals surface area contributed by atoms with E-state index in [2.05, 4.69) is 0 Å². The maximum Gasteiger partial charge on any atom is 0.254 e. The van der Waals surface area contributed by atoms with Gasteiger partial charge in [0.15, 0.2) is 0 Å². The fourth-order valence-electron chi connectivity index (χ4n) is 3.53. The Kier molecular flexibility index (Phi) is 3.36. The highest BCUT2D eigenvalue weighted by atomic mass is 19.1. The Bertz CT molecular complexity index is 524. The molecule has 1 aliphatic heterocycles. The monoisotopic (exact) mass is 280 g/mol. The van der Waals surface area contributed by atoms with Crippen molar-refractivity contribution < 1.29 is 13.6 Å². The normalized spacial score (nSPS) is 25.6. The summed E-state index contributed by atoms with van der Waals surface area (Å²) in [6.07, 6.45) is 5.48. The second kappa shape index (κ2) is 5.04. The molecule has 1 saturated heterocycles. The zero-order valence-electron chi connectivity index (χ0n) is 11.2. The zero-order valence-corrected chi connectivity index (χ0v) is 11.2. The summed E-state index contributed by atoms with van der Waals surface area (Å²) in [5.74, 6) is -1.46. The quantitative estimate of drug-likeness (QED) is 0.804. The molecule has 2 N–H and O–H groups in total. The fourth-order valence-corrected chi connectivity index (χ4v) is 3.53. The molecule has 3 rings (SSSR count). The van der Waals surface area contributed by atoms with Gasteiger partial charge >= 0.3 is 0 Å². The lowest BCUT2D eigenvalue weighted by Crippen LogP contribution is -2.39. The summed E-state index contributed by atoms with van der Waals surface area (Å²) < 4.78 is 27.0. The van der Waals surface area contributed by atoms with Gasteiger partial charge in [-0.15, -0.1) is 0 Å². The van der Waals surface area contributed by atoms with Gasteiger partial charge in [0.05, 0.1) is 0 Å². The topological polar surface area (TPSA) is 46.3 Å². The summed E-state index contributed by atoms with van der Waals surface area (Å²) in [6.45, 7) is 0.682. The Hall–Kier alpha value is -1.65. The predicted molar refractivity (Wildman–Crippen MR) is 72.2 cm³/mol. The van der Waals surface area contributed by atoms with E-state index in [1.165, 1.54) is 6.42 Å². The molecule has 5 heteroatoms. The highest BCUT2D eigenvalue weighted by Crippen LogP contribution is 2.37. The second-order valence-corrected chi connectivity index (χ2v) is 5.75. The number of nitrogens with two attached hydrogens (primary N) is 1. The average molecular weight is 280 g/mol. The van der Waals surface area contributed by atoms with Crippen LogP contribution in [0.25, 0.3) is 0 Å². The Morgan fingerprint density at radius 2 is 1.80 bits per heavy atom. The summed E-state index contributed by atoms with van der Waals surface area (Å²) in [6, 6.07) is 2.31. The third-order valence-electron chi connectivity index (χ3n) is 4.60. The molecule has 1 aromatic carbocycles. The largest absolute Gasteiger partial charge is 0.394 e. The first-order valence-corrected chi connectivity index (χ1v) is 7.13. The van der Waals surface area contributed by atoms with Crippen LogP contribution < -0.4 is 5.73 Å². The smallest absolute Gasteiger partial charge is 0.254 e. The van der Waals surface area contributed by atoms with Crippen molar-refractivity contribution >= 4 is 11.6 Å². The predicted octanol–water partition coefficient (Wildman–Crippen LogP) is 2.95. The molecule has 2 fully saturated rings. The summed E-state index contributed by atoms with van der Waals surface area (Å²) >= 11 is 0. The molecule has 20 heavy (non-hydrogen) atoms. The Labute approximate surface area is 116 Å². The first-order valence-electron chi connectivity index (χ1n) is 7.13. The van der Waals surface area contributed by atoms with Crippen LogP contribution in [0.3, 0.4) is 0 Å². The molecule has 1 saturated carbocycles. The molecule has 108 valence electrons. The van der Waals surface area contributed by atoms with Gasteiger partial charge in [0.25, 0.3) is 5.91 Å². The summed E-state index contributed by atoms with van der Waals surface area (Å²) in [7, 11) is 0. The molecule has 2 unspecified atom stereocenters. The first-order chi connectivity index (χ1) is 9.58. The van der Waals surface area contributed by atoms with Crippen molar-refractivity contribution in [2.45, 2.75) is 38.1 Å². The van der Waals surface area contributed by atoms with E-state index in [9.17, 15) is 13.6 Å². The van der Waals surface area contributed by atoms with Crippen LogP contribution in [0.15, 0.2) is 12.1 Å². The molecule has 1 heterocycles. The second-order valence-electron chi connectivity index (χ2n) is 5.75. The number of anilines is 1.